The number of fused-ring (bicyclic) bond motifs is 1. The lowest BCUT2D eigenvalue weighted by Crippen LogP contribution is -2.07. The van der Waals surface area contributed by atoms with E-state index in [0.717, 1.165) is 22.4 Å². The molecule has 0 bridgehead atoms. The van der Waals surface area contributed by atoms with Crippen LogP contribution >= 0.6 is 0 Å². The summed E-state index contributed by atoms with van der Waals surface area (Å²) >= 11 is 0. The Morgan fingerprint density at radius 3 is 2.43 bits per heavy atom. The van der Waals surface area contributed by atoms with E-state index >= 15 is 0 Å². The lowest BCUT2D eigenvalue weighted by atomic mass is 10.0. The molecule has 0 amide bonds. The monoisotopic (exact) mass is 280 g/mol. The summed E-state index contributed by atoms with van der Waals surface area (Å²) in [6.07, 6.45) is -0.00670. The third kappa shape index (κ3) is 2.69. The number of hydrogen-bond acceptors (Lipinski definition) is 2. The summed E-state index contributed by atoms with van der Waals surface area (Å²) in [4.78, 5) is 4.63. The van der Waals surface area contributed by atoms with Crippen molar-refractivity contribution in [3.05, 3.63) is 65.0 Å². The van der Waals surface area contributed by atoms with Crippen molar-refractivity contribution in [3.8, 4) is 0 Å². The summed E-state index contributed by atoms with van der Waals surface area (Å²) in [6.45, 7) is 4.11. The lowest BCUT2D eigenvalue weighted by Gasteiger charge is -2.12. The van der Waals surface area contributed by atoms with E-state index in [2.05, 4.69) is 35.5 Å². The number of rotatable bonds is 3. The first-order valence-corrected chi connectivity index (χ1v) is 7.21. The molecule has 3 rings (SSSR count). The molecule has 0 radical (unpaired) electrons. The van der Waals surface area contributed by atoms with Gasteiger partial charge in [0.2, 0.25) is 0 Å². The average Bonchev–Trinajstić information content (AvgIpc) is 2.75. The van der Waals surface area contributed by atoms with Gasteiger partial charge in [-0.3, -0.25) is 0 Å². The van der Waals surface area contributed by atoms with Gasteiger partial charge in [0.1, 0.15) is 5.82 Å². The molecular formula is C18H20N2O. The van der Waals surface area contributed by atoms with Gasteiger partial charge in [-0.15, -0.1) is 0 Å². The molecule has 3 nitrogen and oxygen atoms in total. The fraction of sp³-hybridized carbons (Fsp3) is 0.278. The zero-order valence-electron chi connectivity index (χ0n) is 12.7. The van der Waals surface area contributed by atoms with Gasteiger partial charge in [-0.1, -0.05) is 41.5 Å². The molecule has 2 aromatic carbocycles. The summed E-state index contributed by atoms with van der Waals surface area (Å²) in [5, 5.41) is 10.5. The Morgan fingerprint density at radius 1 is 1.10 bits per heavy atom. The number of nitrogens with zero attached hydrogens (tertiary/aromatic N) is 2. The van der Waals surface area contributed by atoms with Crippen molar-refractivity contribution in [3.63, 3.8) is 0 Å². The number of imidazole rings is 1. The van der Waals surface area contributed by atoms with Gasteiger partial charge >= 0.3 is 0 Å². The van der Waals surface area contributed by atoms with Crippen LogP contribution in [0, 0.1) is 13.8 Å². The minimum absolute atomic E-state index is 0.522. The normalized spacial score (nSPS) is 12.8. The second-order valence-corrected chi connectivity index (χ2v) is 5.72. The Morgan fingerprint density at radius 2 is 1.76 bits per heavy atom. The first-order chi connectivity index (χ1) is 10.0. The molecule has 1 N–H and O–H groups in total. The van der Waals surface area contributed by atoms with E-state index in [4.69, 9.17) is 0 Å². The molecule has 108 valence electrons. The van der Waals surface area contributed by atoms with Crippen LogP contribution in [0.25, 0.3) is 11.0 Å². The summed E-state index contributed by atoms with van der Waals surface area (Å²) in [6, 6.07) is 14.2. The standard InChI is InChI=1S/C18H20N2O/c1-12-8-13(2)10-14(9-12)17(21)11-18-19-15-6-4-5-7-16(15)20(18)3/h4-10,17,21H,11H2,1-3H3. The molecule has 0 saturated carbocycles. The number of benzene rings is 2. The number of hydrogen-bond donors (Lipinski definition) is 1. The maximum Gasteiger partial charge on any atom is 0.112 e. The average molecular weight is 280 g/mol. The molecule has 21 heavy (non-hydrogen) atoms. The van der Waals surface area contributed by atoms with Gasteiger partial charge in [0.05, 0.1) is 17.1 Å². The third-order valence-corrected chi connectivity index (χ3v) is 3.88. The molecule has 0 fully saturated rings. The van der Waals surface area contributed by atoms with Crippen LogP contribution in [0.1, 0.15) is 28.6 Å². The topological polar surface area (TPSA) is 38.1 Å². The highest BCUT2D eigenvalue weighted by molar-refractivity contribution is 5.75. The Balaban J connectivity index is 1.92. The lowest BCUT2D eigenvalue weighted by molar-refractivity contribution is 0.175. The van der Waals surface area contributed by atoms with Crippen molar-refractivity contribution in [2.24, 2.45) is 7.05 Å². The van der Waals surface area contributed by atoms with Crippen LogP contribution in [0.2, 0.25) is 0 Å². The summed E-state index contributed by atoms with van der Waals surface area (Å²) < 4.78 is 2.06. The molecule has 0 saturated heterocycles. The van der Waals surface area contributed by atoms with Crippen molar-refractivity contribution < 1.29 is 5.11 Å². The van der Waals surface area contributed by atoms with E-state index in [9.17, 15) is 5.11 Å². The number of para-hydroxylation sites is 2. The molecule has 1 aromatic heterocycles. The number of aliphatic hydroxyl groups excluding tert-OH is 1. The minimum Gasteiger partial charge on any atom is -0.388 e. The van der Waals surface area contributed by atoms with Crippen LogP contribution in [0.15, 0.2) is 42.5 Å². The Labute approximate surface area is 124 Å². The Kier molecular flexibility index (Phi) is 3.52. The quantitative estimate of drug-likeness (QED) is 0.797. The van der Waals surface area contributed by atoms with Gasteiger partial charge in [0.15, 0.2) is 0 Å². The molecule has 3 heteroatoms. The van der Waals surface area contributed by atoms with Gasteiger partial charge in [-0.2, -0.15) is 0 Å². The van der Waals surface area contributed by atoms with Gasteiger partial charge in [-0.05, 0) is 31.5 Å². The maximum atomic E-state index is 10.5. The van der Waals surface area contributed by atoms with Gasteiger partial charge in [0.25, 0.3) is 0 Å². The van der Waals surface area contributed by atoms with E-state index in [1.54, 1.807) is 0 Å². The van der Waals surface area contributed by atoms with Crippen LogP contribution in [-0.4, -0.2) is 14.7 Å². The Bertz CT molecular complexity index is 769. The molecule has 1 heterocycles. The number of aryl methyl sites for hydroxylation is 3. The van der Waals surface area contributed by atoms with Crippen LogP contribution in [0.3, 0.4) is 0 Å². The predicted molar refractivity (Wildman–Crippen MR) is 85.3 cm³/mol. The van der Waals surface area contributed by atoms with Crippen molar-refractivity contribution >= 4 is 11.0 Å². The fourth-order valence-corrected chi connectivity index (χ4v) is 2.87. The molecule has 0 spiro atoms. The smallest absolute Gasteiger partial charge is 0.112 e. The van der Waals surface area contributed by atoms with Crippen molar-refractivity contribution in [1.29, 1.82) is 0 Å². The third-order valence-electron chi connectivity index (χ3n) is 3.88. The Hall–Kier alpha value is -2.13. The maximum absolute atomic E-state index is 10.5. The molecule has 0 aliphatic rings. The molecule has 1 atom stereocenters. The van der Waals surface area contributed by atoms with Crippen LogP contribution in [-0.2, 0) is 13.5 Å². The van der Waals surface area contributed by atoms with Crippen molar-refractivity contribution in [2.75, 3.05) is 0 Å². The fourth-order valence-electron chi connectivity index (χ4n) is 2.87. The van der Waals surface area contributed by atoms with E-state index in [1.807, 2.05) is 37.4 Å². The highest BCUT2D eigenvalue weighted by Crippen LogP contribution is 2.22. The number of aliphatic hydroxyl groups is 1. The summed E-state index contributed by atoms with van der Waals surface area (Å²) in [5.74, 6) is 0.905. The molecule has 3 aromatic rings. The van der Waals surface area contributed by atoms with Gasteiger partial charge in [0, 0.05) is 13.5 Å². The van der Waals surface area contributed by atoms with E-state index in [-0.39, 0.29) is 0 Å². The summed E-state index contributed by atoms with van der Waals surface area (Å²) in [7, 11) is 2.00. The molecular weight excluding hydrogens is 260 g/mol. The predicted octanol–water partition coefficient (Wildman–Crippen LogP) is 3.47. The highest BCUT2D eigenvalue weighted by atomic mass is 16.3. The van der Waals surface area contributed by atoms with Crippen molar-refractivity contribution in [2.45, 2.75) is 26.4 Å². The van der Waals surface area contributed by atoms with Crippen LogP contribution < -0.4 is 0 Å². The van der Waals surface area contributed by atoms with E-state index in [1.165, 1.54) is 11.1 Å². The van der Waals surface area contributed by atoms with Gasteiger partial charge in [-0.25, -0.2) is 4.98 Å². The zero-order chi connectivity index (χ0) is 15.0. The largest absolute Gasteiger partial charge is 0.388 e. The first-order valence-electron chi connectivity index (χ1n) is 7.21. The second kappa shape index (κ2) is 5.34. The van der Waals surface area contributed by atoms with Crippen molar-refractivity contribution in [1.82, 2.24) is 9.55 Å². The first kappa shape index (κ1) is 13.8. The van der Waals surface area contributed by atoms with E-state index in [0.29, 0.717) is 6.42 Å². The number of aromatic nitrogens is 2. The molecule has 0 aliphatic heterocycles. The molecule has 1 unspecified atom stereocenters. The minimum atomic E-state index is -0.529. The highest BCUT2D eigenvalue weighted by Gasteiger charge is 2.14. The van der Waals surface area contributed by atoms with E-state index < -0.39 is 6.10 Å². The molecule has 0 aliphatic carbocycles. The van der Waals surface area contributed by atoms with Gasteiger partial charge < -0.3 is 9.67 Å². The summed E-state index contributed by atoms with van der Waals surface area (Å²) in [5.41, 5.74) is 5.38. The SMILES string of the molecule is Cc1cc(C)cc(C(O)Cc2nc3ccccc3n2C)c1. The van der Waals surface area contributed by atoms with Crippen LogP contribution in [0.4, 0.5) is 0 Å². The van der Waals surface area contributed by atoms with Crippen LogP contribution in [0.5, 0.6) is 0 Å². The second-order valence-electron chi connectivity index (χ2n) is 5.72. The zero-order valence-corrected chi connectivity index (χ0v) is 12.7.